The van der Waals surface area contributed by atoms with E-state index in [0.29, 0.717) is 25.8 Å². The van der Waals surface area contributed by atoms with Gasteiger partial charge in [0.1, 0.15) is 12.2 Å². The summed E-state index contributed by atoms with van der Waals surface area (Å²) in [6.07, 6.45) is 2.31. The van der Waals surface area contributed by atoms with Crippen molar-refractivity contribution in [3.63, 3.8) is 0 Å². The molecule has 2 atom stereocenters. The van der Waals surface area contributed by atoms with Crippen LogP contribution in [0.2, 0.25) is 0 Å². The molecule has 0 fully saturated rings. The first-order valence-corrected chi connectivity index (χ1v) is 13.5. The maximum atomic E-state index is 13.2. The lowest BCUT2D eigenvalue weighted by Gasteiger charge is -2.28. The number of carbonyl (C=O) groups is 3. The van der Waals surface area contributed by atoms with E-state index in [2.05, 4.69) is 32.0 Å². The van der Waals surface area contributed by atoms with E-state index in [4.69, 9.17) is 19.3 Å². The van der Waals surface area contributed by atoms with Crippen molar-refractivity contribution in [2.75, 3.05) is 33.4 Å². The number of likely N-dealkylation sites (N-methyl/N-ethyl adjacent to an activating group) is 1. The van der Waals surface area contributed by atoms with Gasteiger partial charge >= 0.3 is 11.9 Å². The topological polar surface area (TPSA) is 123 Å². The summed E-state index contributed by atoms with van der Waals surface area (Å²) >= 11 is 0. The summed E-state index contributed by atoms with van der Waals surface area (Å²) in [5, 5.41) is 18.8. The van der Waals surface area contributed by atoms with Crippen molar-refractivity contribution in [3.05, 3.63) is 34.9 Å². The van der Waals surface area contributed by atoms with Crippen molar-refractivity contribution >= 4 is 17.8 Å². The summed E-state index contributed by atoms with van der Waals surface area (Å²) in [5.41, 5.74) is 3.04. The molecule has 0 saturated carbocycles. The molecule has 0 spiro atoms. The number of amides is 1. The number of aliphatic hydroxyl groups excluding tert-OH is 1. The van der Waals surface area contributed by atoms with Crippen LogP contribution in [-0.4, -0.2) is 84.2 Å². The van der Waals surface area contributed by atoms with E-state index in [0.717, 1.165) is 25.7 Å². The molecule has 0 saturated heterocycles. The van der Waals surface area contributed by atoms with E-state index in [1.807, 2.05) is 0 Å². The predicted octanol–water partition coefficient (Wildman–Crippen LogP) is 3.83. The van der Waals surface area contributed by atoms with Gasteiger partial charge in [-0.3, -0.25) is 4.79 Å². The molecule has 0 unspecified atom stereocenters. The number of benzene rings is 1. The zero-order valence-corrected chi connectivity index (χ0v) is 24.0. The summed E-state index contributed by atoms with van der Waals surface area (Å²) in [4.78, 5) is 38.8. The van der Waals surface area contributed by atoms with Crippen molar-refractivity contribution in [1.29, 1.82) is 0 Å². The highest BCUT2D eigenvalue weighted by atomic mass is 16.6. The van der Waals surface area contributed by atoms with E-state index in [1.54, 1.807) is 27.8 Å². The second kappa shape index (κ2) is 17.2. The first kappa shape index (κ1) is 33.5. The summed E-state index contributed by atoms with van der Waals surface area (Å²) in [7, 11) is 1.58. The second-order valence-corrected chi connectivity index (χ2v) is 10.7. The first-order chi connectivity index (χ1) is 17.9. The number of hydrogen-bond donors (Lipinski definition) is 2. The van der Waals surface area contributed by atoms with Crippen LogP contribution in [0.1, 0.15) is 76.0 Å². The third kappa shape index (κ3) is 13.3. The van der Waals surface area contributed by atoms with E-state index >= 15 is 0 Å². The highest BCUT2D eigenvalue weighted by molar-refractivity contribution is 5.88. The summed E-state index contributed by atoms with van der Waals surface area (Å²) in [6.45, 7) is 9.29. The first-order valence-electron chi connectivity index (χ1n) is 13.5. The minimum absolute atomic E-state index is 0.0759. The van der Waals surface area contributed by atoms with Crippen LogP contribution in [-0.2, 0) is 35.0 Å². The monoisotopic (exact) mass is 537 g/mol. The van der Waals surface area contributed by atoms with Crippen LogP contribution in [0.5, 0.6) is 0 Å². The number of hydrogen-bond acceptors (Lipinski definition) is 7. The van der Waals surface area contributed by atoms with Gasteiger partial charge in [0, 0.05) is 26.8 Å². The molecule has 0 aromatic heterocycles. The van der Waals surface area contributed by atoms with Gasteiger partial charge in [0.05, 0.1) is 0 Å². The van der Waals surface area contributed by atoms with Gasteiger partial charge in [-0.25, -0.2) is 9.59 Å². The maximum absolute atomic E-state index is 13.2. The fraction of sp³-hybridized carbons (Fsp3) is 0.690. The van der Waals surface area contributed by atoms with Gasteiger partial charge in [0.15, 0.2) is 12.2 Å². The quantitative estimate of drug-likeness (QED) is 0.214. The van der Waals surface area contributed by atoms with Crippen LogP contribution in [0.15, 0.2) is 18.2 Å². The molecule has 0 bridgehead atoms. The molecule has 1 aromatic carbocycles. The minimum atomic E-state index is -1.66. The van der Waals surface area contributed by atoms with Crippen LogP contribution >= 0.6 is 0 Å². The lowest BCUT2D eigenvalue weighted by Crippen LogP contribution is -2.50. The molecule has 1 amide bonds. The van der Waals surface area contributed by atoms with Gasteiger partial charge in [0.2, 0.25) is 0 Å². The summed E-state index contributed by atoms with van der Waals surface area (Å²) < 4.78 is 16.4. The van der Waals surface area contributed by atoms with Gasteiger partial charge in [-0.05, 0) is 89.8 Å². The Morgan fingerprint density at radius 3 is 2.21 bits per heavy atom. The number of unbranched alkanes of at least 4 members (excludes halogenated alkanes) is 4. The van der Waals surface area contributed by atoms with Crippen molar-refractivity contribution in [2.24, 2.45) is 0 Å². The zero-order chi connectivity index (χ0) is 28.7. The molecular weight excluding hydrogens is 490 g/mol. The Morgan fingerprint density at radius 1 is 0.921 bits per heavy atom. The lowest BCUT2D eigenvalue weighted by atomic mass is 10.0. The standard InChI is InChI=1S/C29H47NO8/c1-21-14-15-23(19-22(21)2)13-9-7-12-18-36-25(27(33)30(6)16-10-8-11-17-31)26(28(34)35)37-20-24(32)38-29(3,4)5/h14-15,19,25-26,31H,7-13,16-18,20H2,1-6H3,(H,34,35)/t25-,26-/m1/s1. The summed E-state index contributed by atoms with van der Waals surface area (Å²) in [6, 6.07) is 6.44. The van der Waals surface area contributed by atoms with E-state index in [1.165, 1.54) is 21.6 Å². The van der Waals surface area contributed by atoms with E-state index in [9.17, 15) is 19.5 Å². The minimum Gasteiger partial charge on any atom is -0.479 e. The Balaban J connectivity index is 2.76. The van der Waals surface area contributed by atoms with Crippen LogP contribution in [0.3, 0.4) is 0 Å². The number of carboxylic acid groups (broad SMARTS) is 1. The van der Waals surface area contributed by atoms with Gasteiger partial charge in [-0.1, -0.05) is 24.6 Å². The Labute approximate surface area is 227 Å². The number of aryl methyl sites for hydroxylation is 3. The van der Waals surface area contributed by atoms with E-state index < -0.39 is 42.3 Å². The number of aliphatic hydroxyl groups is 1. The largest absolute Gasteiger partial charge is 0.479 e. The third-order valence-corrected chi connectivity index (χ3v) is 6.07. The van der Waals surface area contributed by atoms with Crippen molar-refractivity contribution in [1.82, 2.24) is 4.90 Å². The molecule has 9 nitrogen and oxygen atoms in total. The molecule has 38 heavy (non-hydrogen) atoms. The number of esters is 1. The second-order valence-electron chi connectivity index (χ2n) is 10.7. The normalized spacial score (nSPS) is 13.1. The average Bonchev–Trinajstić information content (AvgIpc) is 2.83. The number of aliphatic carboxylic acids is 1. The van der Waals surface area contributed by atoms with Crippen LogP contribution in [0.25, 0.3) is 0 Å². The Morgan fingerprint density at radius 2 is 1.61 bits per heavy atom. The molecule has 0 aliphatic rings. The van der Waals surface area contributed by atoms with Crippen LogP contribution < -0.4 is 0 Å². The van der Waals surface area contributed by atoms with E-state index in [-0.39, 0.29) is 13.2 Å². The molecule has 216 valence electrons. The molecular formula is C29H47NO8. The molecule has 0 heterocycles. The number of carbonyl (C=O) groups excluding carboxylic acids is 2. The smallest absolute Gasteiger partial charge is 0.336 e. The van der Waals surface area contributed by atoms with Gasteiger partial charge < -0.3 is 29.3 Å². The molecule has 9 heteroatoms. The van der Waals surface area contributed by atoms with Crippen LogP contribution in [0.4, 0.5) is 0 Å². The van der Waals surface area contributed by atoms with Crippen molar-refractivity contribution < 1.29 is 38.8 Å². The molecule has 2 N–H and O–H groups in total. The molecule has 1 aromatic rings. The zero-order valence-electron chi connectivity index (χ0n) is 24.0. The molecule has 0 aliphatic heterocycles. The highest BCUT2D eigenvalue weighted by Gasteiger charge is 2.38. The molecule has 0 radical (unpaired) electrons. The van der Waals surface area contributed by atoms with Gasteiger partial charge in [-0.2, -0.15) is 0 Å². The average molecular weight is 538 g/mol. The predicted molar refractivity (Wildman–Crippen MR) is 145 cm³/mol. The number of rotatable bonds is 18. The lowest BCUT2D eigenvalue weighted by molar-refractivity contribution is -0.180. The Bertz CT molecular complexity index is 880. The van der Waals surface area contributed by atoms with Gasteiger partial charge in [0.25, 0.3) is 5.91 Å². The Kier molecular flexibility index (Phi) is 15.2. The van der Waals surface area contributed by atoms with Crippen molar-refractivity contribution in [3.8, 4) is 0 Å². The van der Waals surface area contributed by atoms with Crippen LogP contribution in [0, 0.1) is 13.8 Å². The van der Waals surface area contributed by atoms with Crippen molar-refractivity contribution in [2.45, 2.75) is 97.4 Å². The maximum Gasteiger partial charge on any atom is 0.336 e. The fourth-order valence-corrected chi connectivity index (χ4v) is 3.85. The summed E-state index contributed by atoms with van der Waals surface area (Å²) in [5.74, 6) is -2.64. The number of nitrogens with zero attached hydrogens (tertiary/aromatic N) is 1. The number of carboxylic acids is 1. The molecule has 0 aliphatic carbocycles. The number of ether oxygens (including phenoxy) is 3. The molecule has 1 rings (SSSR count). The van der Waals surface area contributed by atoms with Gasteiger partial charge in [-0.15, -0.1) is 0 Å². The SMILES string of the molecule is Cc1ccc(CCCCCO[C@@H](C(=O)N(C)CCCCCO)[C@@H](OCC(=O)OC(C)(C)C)C(=O)O)cc1C. The Hall–Kier alpha value is -2.49. The highest BCUT2D eigenvalue weighted by Crippen LogP contribution is 2.15. The fourth-order valence-electron chi connectivity index (χ4n) is 3.85. The third-order valence-electron chi connectivity index (χ3n) is 6.07.